The van der Waals surface area contributed by atoms with E-state index in [-0.39, 0.29) is 5.56 Å². The molecule has 2 rings (SSSR count). The zero-order valence-corrected chi connectivity index (χ0v) is 10.4. The van der Waals surface area contributed by atoms with Crippen LogP contribution >= 0.6 is 27.3 Å². The Morgan fingerprint density at radius 3 is 2.94 bits per heavy atom. The van der Waals surface area contributed by atoms with Gasteiger partial charge >= 0.3 is 5.97 Å². The predicted molar refractivity (Wildman–Crippen MR) is 66.5 cm³/mol. The standard InChI is InChI=1S/C10H7BrN2O2S/c11-8-2-1-6(5-7(8)9(14)15)13-10-12-3-4-16-10/h1-5H,(H,12,13)(H,14,15). The lowest BCUT2D eigenvalue weighted by molar-refractivity contribution is 0.0696. The van der Waals surface area contributed by atoms with Crippen molar-refractivity contribution >= 4 is 44.1 Å². The molecule has 16 heavy (non-hydrogen) atoms. The van der Waals surface area contributed by atoms with Crippen LogP contribution in [-0.4, -0.2) is 16.1 Å². The molecule has 2 aromatic rings. The van der Waals surface area contributed by atoms with Crippen molar-refractivity contribution in [2.45, 2.75) is 0 Å². The molecule has 1 heterocycles. The third kappa shape index (κ3) is 2.40. The van der Waals surface area contributed by atoms with Gasteiger partial charge in [0, 0.05) is 21.7 Å². The summed E-state index contributed by atoms with van der Waals surface area (Å²) in [5, 5.41) is 14.6. The highest BCUT2D eigenvalue weighted by molar-refractivity contribution is 9.10. The van der Waals surface area contributed by atoms with Gasteiger partial charge in [0.25, 0.3) is 0 Å². The molecule has 0 aliphatic carbocycles. The highest BCUT2D eigenvalue weighted by Crippen LogP contribution is 2.24. The summed E-state index contributed by atoms with van der Waals surface area (Å²) in [4.78, 5) is 15.0. The number of rotatable bonds is 3. The molecule has 1 aromatic heterocycles. The van der Waals surface area contributed by atoms with Gasteiger partial charge in [-0.2, -0.15) is 0 Å². The maximum absolute atomic E-state index is 10.9. The maximum atomic E-state index is 10.9. The lowest BCUT2D eigenvalue weighted by Crippen LogP contribution is -1.99. The molecule has 6 heteroatoms. The molecule has 0 bridgehead atoms. The molecule has 4 nitrogen and oxygen atoms in total. The molecule has 82 valence electrons. The van der Waals surface area contributed by atoms with Crippen molar-refractivity contribution < 1.29 is 9.90 Å². The summed E-state index contributed by atoms with van der Waals surface area (Å²) in [7, 11) is 0. The summed E-state index contributed by atoms with van der Waals surface area (Å²) >= 11 is 4.64. The van der Waals surface area contributed by atoms with Gasteiger partial charge in [0.1, 0.15) is 0 Å². The fourth-order valence-corrected chi connectivity index (χ4v) is 2.14. The van der Waals surface area contributed by atoms with Gasteiger partial charge in [-0.3, -0.25) is 0 Å². The van der Waals surface area contributed by atoms with Gasteiger partial charge in [-0.25, -0.2) is 9.78 Å². The van der Waals surface area contributed by atoms with Gasteiger partial charge in [0.2, 0.25) is 0 Å². The fourth-order valence-electron chi connectivity index (χ4n) is 1.18. The quantitative estimate of drug-likeness (QED) is 0.912. The zero-order valence-electron chi connectivity index (χ0n) is 7.98. The van der Waals surface area contributed by atoms with E-state index in [2.05, 4.69) is 26.2 Å². The van der Waals surface area contributed by atoms with Gasteiger partial charge in [0.15, 0.2) is 5.13 Å². The van der Waals surface area contributed by atoms with Crippen LogP contribution in [0.3, 0.4) is 0 Å². The highest BCUT2D eigenvalue weighted by atomic mass is 79.9. The Bertz CT molecular complexity index is 514. The lowest BCUT2D eigenvalue weighted by atomic mass is 10.2. The van der Waals surface area contributed by atoms with Crippen molar-refractivity contribution in [3.8, 4) is 0 Å². The van der Waals surface area contributed by atoms with E-state index in [1.54, 1.807) is 24.4 Å². The number of aromatic nitrogens is 1. The zero-order chi connectivity index (χ0) is 11.5. The number of carboxylic acid groups (broad SMARTS) is 1. The Labute approximate surface area is 104 Å². The average molecular weight is 299 g/mol. The Morgan fingerprint density at radius 2 is 2.31 bits per heavy atom. The lowest BCUT2D eigenvalue weighted by Gasteiger charge is -2.05. The Balaban J connectivity index is 2.29. The van der Waals surface area contributed by atoms with Crippen LogP contribution in [-0.2, 0) is 0 Å². The normalized spacial score (nSPS) is 10.1. The highest BCUT2D eigenvalue weighted by Gasteiger charge is 2.09. The van der Waals surface area contributed by atoms with Crippen LogP contribution in [0.25, 0.3) is 0 Å². The first-order valence-electron chi connectivity index (χ1n) is 4.36. The molecule has 0 unspecified atom stereocenters. The molecule has 0 saturated heterocycles. The smallest absolute Gasteiger partial charge is 0.336 e. The van der Waals surface area contributed by atoms with Crippen molar-refractivity contribution in [2.24, 2.45) is 0 Å². The monoisotopic (exact) mass is 298 g/mol. The maximum Gasteiger partial charge on any atom is 0.336 e. The number of aromatic carboxylic acids is 1. The van der Waals surface area contributed by atoms with E-state index in [9.17, 15) is 4.79 Å². The van der Waals surface area contributed by atoms with Crippen LogP contribution in [0.1, 0.15) is 10.4 Å². The topological polar surface area (TPSA) is 62.2 Å². The largest absolute Gasteiger partial charge is 0.478 e. The summed E-state index contributed by atoms with van der Waals surface area (Å²) in [5.74, 6) is -0.963. The summed E-state index contributed by atoms with van der Waals surface area (Å²) in [5.41, 5.74) is 0.928. The van der Waals surface area contributed by atoms with E-state index in [1.807, 2.05) is 5.38 Å². The van der Waals surface area contributed by atoms with Gasteiger partial charge in [-0.05, 0) is 34.1 Å². The second kappa shape index (κ2) is 4.63. The van der Waals surface area contributed by atoms with Crippen LogP contribution in [0.4, 0.5) is 10.8 Å². The first-order valence-corrected chi connectivity index (χ1v) is 6.03. The first-order chi connectivity index (χ1) is 7.66. The van der Waals surface area contributed by atoms with Crippen molar-refractivity contribution in [1.82, 2.24) is 4.98 Å². The minimum atomic E-state index is -0.963. The van der Waals surface area contributed by atoms with Crippen molar-refractivity contribution in [2.75, 3.05) is 5.32 Å². The number of hydrogen-bond acceptors (Lipinski definition) is 4. The Morgan fingerprint density at radius 1 is 1.50 bits per heavy atom. The van der Waals surface area contributed by atoms with Crippen LogP contribution in [0.2, 0.25) is 0 Å². The van der Waals surface area contributed by atoms with Crippen molar-refractivity contribution in [3.05, 3.63) is 39.8 Å². The van der Waals surface area contributed by atoms with Gasteiger partial charge in [0.05, 0.1) is 5.56 Å². The van der Waals surface area contributed by atoms with Crippen LogP contribution in [0.15, 0.2) is 34.2 Å². The van der Waals surface area contributed by atoms with Gasteiger partial charge in [-0.15, -0.1) is 11.3 Å². The van der Waals surface area contributed by atoms with Crippen molar-refractivity contribution in [3.63, 3.8) is 0 Å². The molecule has 0 aliphatic rings. The van der Waals surface area contributed by atoms with Crippen molar-refractivity contribution in [1.29, 1.82) is 0 Å². The second-order valence-electron chi connectivity index (χ2n) is 2.96. The Hall–Kier alpha value is -1.40. The molecule has 0 radical (unpaired) electrons. The molecular weight excluding hydrogens is 292 g/mol. The number of halogens is 1. The SMILES string of the molecule is O=C(O)c1cc(Nc2nccs2)ccc1Br. The minimum Gasteiger partial charge on any atom is -0.478 e. The molecule has 0 amide bonds. The molecule has 1 aromatic carbocycles. The number of carbonyl (C=O) groups is 1. The van der Waals surface area contributed by atoms with E-state index in [0.29, 0.717) is 10.2 Å². The third-order valence-electron chi connectivity index (χ3n) is 1.88. The number of nitrogens with one attached hydrogen (secondary N) is 1. The van der Waals surface area contributed by atoms with Crippen LogP contribution in [0, 0.1) is 0 Å². The van der Waals surface area contributed by atoms with Gasteiger partial charge < -0.3 is 10.4 Å². The average Bonchev–Trinajstić information content (AvgIpc) is 2.73. The summed E-state index contributed by atoms with van der Waals surface area (Å²) in [6, 6.07) is 5.05. The Kier molecular flexibility index (Phi) is 3.21. The molecule has 0 saturated carbocycles. The molecule has 0 spiro atoms. The number of carboxylic acids is 1. The van der Waals surface area contributed by atoms with E-state index in [4.69, 9.17) is 5.11 Å². The van der Waals surface area contributed by atoms with Crippen LogP contribution in [0.5, 0.6) is 0 Å². The summed E-state index contributed by atoms with van der Waals surface area (Å²) in [6.45, 7) is 0. The number of nitrogens with zero attached hydrogens (tertiary/aromatic N) is 1. The molecule has 0 atom stereocenters. The molecular formula is C10H7BrN2O2S. The second-order valence-corrected chi connectivity index (χ2v) is 4.71. The minimum absolute atomic E-state index is 0.224. The summed E-state index contributed by atoms with van der Waals surface area (Å²) < 4.78 is 0.560. The molecule has 0 aliphatic heterocycles. The number of anilines is 2. The van der Waals surface area contributed by atoms with E-state index in [0.717, 1.165) is 5.13 Å². The predicted octanol–water partition coefficient (Wildman–Crippen LogP) is 3.35. The van der Waals surface area contributed by atoms with Crippen LogP contribution < -0.4 is 5.32 Å². The van der Waals surface area contributed by atoms with E-state index < -0.39 is 5.97 Å². The number of benzene rings is 1. The molecule has 2 N–H and O–H groups in total. The van der Waals surface area contributed by atoms with E-state index >= 15 is 0 Å². The number of hydrogen-bond donors (Lipinski definition) is 2. The first kappa shape index (κ1) is 11.1. The van der Waals surface area contributed by atoms with E-state index in [1.165, 1.54) is 11.3 Å². The molecule has 0 fully saturated rings. The third-order valence-corrected chi connectivity index (χ3v) is 3.26. The van der Waals surface area contributed by atoms with Gasteiger partial charge in [-0.1, -0.05) is 0 Å². The fraction of sp³-hybridized carbons (Fsp3) is 0. The number of thiazole rings is 1. The summed E-state index contributed by atoms with van der Waals surface area (Å²) in [6.07, 6.45) is 1.68.